The summed E-state index contributed by atoms with van der Waals surface area (Å²) in [6, 6.07) is 10.7. The summed E-state index contributed by atoms with van der Waals surface area (Å²) in [6.07, 6.45) is 1.55. The van der Waals surface area contributed by atoms with Crippen LogP contribution in [0.3, 0.4) is 0 Å². The van der Waals surface area contributed by atoms with Gasteiger partial charge in [-0.3, -0.25) is 0 Å². The third-order valence-corrected chi connectivity index (χ3v) is 3.41. The first-order valence-electron chi connectivity index (χ1n) is 6.97. The van der Waals surface area contributed by atoms with Gasteiger partial charge in [-0.05, 0) is 28.9 Å². The highest BCUT2D eigenvalue weighted by Crippen LogP contribution is 2.30. The molecular weight excluding hydrogens is 232 g/mol. The van der Waals surface area contributed by atoms with Crippen LogP contribution < -0.4 is 5.32 Å². The Hall–Kier alpha value is -1.49. The first-order valence-corrected chi connectivity index (χ1v) is 6.97. The SMILES string of the molecule is CC(C)(CCC#N)CNc1ccccc1C(C)(C)C. The molecular formula is C17H26N2. The second-order valence-electron chi connectivity index (χ2n) is 6.97. The van der Waals surface area contributed by atoms with E-state index in [1.165, 1.54) is 11.3 Å². The van der Waals surface area contributed by atoms with E-state index in [-0.39, 0.29) is 10.8 Å². The minimum Gasteiger partial charge on any atom is -0.384 e. The van der Waals surface area contributed by atoms with E-state index in [0.29, 0.717) is 6.42 Å². The minimum absolute atomic E-state index is 0.139. The predicted octanol–water partition coefficient (Wildman–Crippen LogP) is 4.73. The lowest BCUT2D eigenvalue weighted by Gasteiger charge is -2.28. The molecule has 0 fully saturated rings. The van der Waals surface area contributed by atoms with Gasteiger partial charge in [-0.25, -0.2) is 0 Å². The first kappa shape index (κ1) is 15.6. The molecule has 0 amide bonds. The summed E-state index contributed by atoms with van der Waals surface area (Å²) in [6.45, 7) is 12.0. The second-order valence-corrected chi connectivity index (χ2v) is 6.97. The summed E-state index contributed by atoms with van der Waals surface area (Å²) < 4.78 is 0. The van der Waals surface area contributed by atoms with E-state index < -0.39 is 0 Å². The predicted molar refractivity (Wildman–Crippen MR) is 82.3 cm³/mol. The van der Waals surface area contributed by atoms with Crippen molar-refractivity contribution in [2.45, 2.75) is 52.9 Å². The van der Waals surface area contributed by atoms with Crippen LogP contribution in [0.25, 0.3) is 0 Å². The third-order valence-electron chi connectivity index (χ3n) is 3.41. The van der Waals surface area contributed by atoms with Gasteiger partial charge < -0.3 is 5.32 Å². The fourth-order valence-electron chi connectivity index (χ4n) is 2.11. The number of nitriles is 1. The van der Waals surface area contributed by atoms with E-state index in [1.54, 1.807) is 0 Å². The molecule has 1 N–H and O–H groups in total. The molecule has 0 aromatic heterocycles. The molecule has 0 atom stereocenters. The van der Waals surface area contributed by atoms with Crippen molar-refractivity contribution in [3.8, 4) is 6.07 Å². The third kappa shape index (κ3) is 4.95. The number of anilines is 1. The summed E-state index contributed by atoms with van der Waals surface area (Å²) in [4.78, 5) is 0. The van der Waals surface area contributed by atoms with Crippen LogP contribution in [0.15, 0.2) is 24.3 Å². The summed E-state index contributed by atoms with van der Waals surface area (Å²) in [5.41, 5.74) is 2.83. The van der Waals surface area contributed by atoms with E-state index in [1.807, 2.05) is 0 Å². The highest BCUT2D eigenvalue weighted by Gasteiger charge is 2.20. The summed E-state index contributed by atoms with van der Waals surface area (Å²) in [5, 5.41) is 12.3. The van der Waals surface area contributed by atoms with Crippen molar-refractivity contribution in [2.24, 2.45) is 5.41 Å². The van der Waals surface area contributed by atoms with Crippen LogP contribution in [0.5, 0.6) is 0 Å². The van der Waals surface area contributed by atoms with Crippen LogP contribution >= 0.6 is 0 Å². The molecule has 1 aromatic carbocycles. The Balaban J connectivity index is 2.76. The van der Waals surface area contributed by atoms with Gasteiger partial charge in [-0.1, -0.05) is 52.8 Å². The van der Waals surface area contributed by atoms with Crippen LogP contribution in [-0.2, 0) is 5.41 Å². The molecule has 0 spiro atoms. The average molecular weight is 258 g/mol. The average Bonchev–Trinajstić information content (AvgIpc) is 2.33. The van der Waals surface area contributed by atoms with Crippen LogP contribution in [0.4, 0.5) is 5.69 Å². The van der Waals surface area contributed by atoms with Gasteiger partial charge in [0.1, 0.15) is 0 Å². The van der Waals surface area contributed by atoms with Gasteiger partial charge in [0, 0.05) is 18.7 Å². The largest absolute Gasteiger partial charge is 0.384 e. The molecule has 0 heterocycles. The highest BCUT2D eigenvalue weighted by atomic mass is 14.9. The van der Waals surface area contributed by atoms with Gasteiger partial charge in [0.15, 0.2) is 0 Å². The van der Waals surface area contributed by atoms with Crippen LogP contribution in [-0.4, -0.2) is 6.54 Å². The van der Waals surface area contributed by atoms with Crippen molar-refractivity contribution in [1.29, 1.82) is 5.26 Å². The molecule has 0 aliphatic rings. The lowest BCUT2D eigenvalue weighted by molar-refractivity contribution is 0.363. The number of hydrogen-bond acceptors (Lipinski definition) is 2. The fraction of sp³-hybridized carbons (Fsp3) is 0.588. The van der Waals surface area contributed by atoms with Crippen molar-refractivity contribution in [2.75, 3.05) is 11.9 Å². The van der Waals surface area contributed by atoms with E-state index in [4.69, 9.17) is 5.26 Å². The topological polar surface area (TPSA) is 35.8 Å². The molecule has 2 heteroatoms. The van der Waals surface area contributed by atoms with Gasteiger partial charge in [-0.2, -0.15) is 5.26 Å². The van der Waals surface area contributed by atoms with E-state index in [2.05, 4.69) is 70.3 Å². The second kappa shape index (κ2) is 6.10. The van der Waals surface area contributed by atoms with Crippen LogP contribution in [0, 0.1) is 16.7 Å². The standard InChI is InChI=1S/C17H26N2/c1-16(2,3)14-9-6-7-10-15(14)19-13-17(4,5)11-8-12-18/h6-7,9-10,19H,8,11,13H2,1-5H3. The Kier molecular flexibility index (Phi) is 5.00. The summed E-state index contributed by atoms with van der Waals surface area (Å²) in [7, 11) is 0. The van der Waals surface area contributed by atoms with Crippen molar-refractivity contribution in [3.63, 3.8) is 0 Å². The van der Waals surface area contributed by atoms with Crippen molar-refractivity contribution < 1.29 is 0 Å². The van der Waals surface area contributed by atoms with E-state index in [9.17, 15) is 0 Å². The summed E-state index contributed by atoms with van der Waals surface area (Å²) in [5.74, 6) is 0. The maximum Gasteiger partial charge on any atom is 0.0621 e. The van der Waals surface area contributed by atoms with Crippen molar-refractivity contribution in [1.82, 2.24) is 0 Å². The molecule has 0 radical (unpaired) electrons. The highest BCUT2D eigenvalue weighted by molar-refractivity contribution is 5.54. The molecule has 19 heavy (non-hydrogen) atoms. The van der Waals surface area contributed by atoms with Gasteiger partial charge in [-0.15, -0.1) is 0 Å². The molecule has 1 aromatic rings. The number of hydrogen-bond donors (Lipinski definition) is 1. The number of para-hydroxylation sites is 1. The Morgan fingerprint density at radius 2 is 1.74 bits per heavy atom. The molecule has 0 saturated heterocycles. The monoisotopic (exact) mass is 258 g/mol. The van der Waals surface area contributed by atoms with Crippen LogP contribution in [0.1, 0.15) is 53.0 Å². The maximum absolute atomic E-state index is 8.70. The molecule has 1 rings (SSSR count). The zero-order chi connectivity index (χ0) is 14.5. The Bertz CT molecular complexity index is 447. The number of nitrogens with zero attached hydrogens (tertiary/aromatic N) is 1. The van der Waals surface area contributed by atoms with E-state index in [0.717, 1.165) is 13.0 Å². The molecule has 2 nitrogen and oxygen atoms in total. The lowest BCUT2D eigenvalue weighted by Crippen LogP contribution is -2.24. The zero-order valence-electron chi connectivity index (χ0n) is 12.9. The normalized spacial score (nSPS) is 12.0. The van der Waals surface area contributed by atoms with Crippen LogP contribution in [0.2, 0.25) is 0 Å². The number of benzene rings is 1. The van der Waals surface area contributed by atoms with Crippen molar-refractivity contribution in [3.05, 3.63) is 29.8 Å². The van der Waals surface area contributed by atoms with E-state index >= 15 is 0 Å². The lowest BCUT2D eigenvalue weighted by atomic mass is 9.84. The quantitative estimate of drug-likeness (QED) is 0.829. The van der Waals surface area contributed by atoms with Gasteiger partial charge in [0.2, 0.25) is 0 Å². The smallest absolute Gasteiger partial charge is 0.0621 e. The molecule has 0 saturated carbocycles. The molecule has 0 aliphatic carbocycles. The summed E-state index contributed by atoms with van der Waals surface area (Å²) >= 11 is 0. The molecule has 0 bridgehead atoms. The maximum atomic E-state index is 8.70. The fourth-order valence-corrected chi connectivity index (χ4v) is 2.11. The van der Waals surface area contributed by atoms with Crippen molar-refractivity contribution >= 4 is 5.69 Å². The Labute approximate surface area is 117 Å². The first-order chi connectivity index (χ1) is 8.76. The minimum atomic E-state index is 0.139. The molecule has 104 valence electrons. The van der Waals surface area contributed by atoms with Gasteiger partial charge in [0.05, 0.1) is 6.07 Å². The Morgan fingerprint density at radius 1 is 1.11 bits per heavy atom. The molecule has 0 unspecified atom stereocenters. The van der Waals surface area contributed by atoms with Gasteiger partial charge in [0.25, 0.3) is 0 Å². The van der Waals surface area contributed by atoms with Gasteiger partial charge >= 0.3 is 0 Å². The molecule has 0 aliphatic heterocycles. The zero-order valence-corrected chi connectivity index (χ0v) is 12.9. The Morgan fingerprint density at radius 3 is 2.32 bits per heavy atom. The number of nitrogens with one attached hydrogen (secondary N) is 1. The number of rotatable bonds is 5.